The van der Waals surface area contributed by atoms with Crippen LogP contribution in [0.1, 0.15) is 39.4 Å². The minimum Gasteiger partial charge on any atom is -0.447 e. The number of rotatable bonds is 10. The Morgan fingerprint density at radius 3 is 2.62 bits per heavy atom. The molecule has 1 aromatic rings. The van der Waals surface area contributed by atoms with Crippen LogP contribution in [0.15, 0.2) is 21.6 Å². The molecule has 1 heterocycles. The first-order valence-corrected chi connectivity index (χ1v) is 8.80. The summed E-state index contributed by atoms with van der Waals surface area (Å²) in [4.78, 5) is 0. The lowest BCUT2D eigenvalue weighted by atomic mass is 10.2. The largest absolute Gasteiger partial charge is 0.447 e. The van der Waals surface area contributed by atoms with E-state index in [2.05, 4.69) is 23.9 Å². The van der Waals surface area contributed by atoms with Crippen LogP contribution >= 0.6 is 0 Å². The molecule has 0 saturated carbocycles. The van der Waals surface area contributed by atoms with Gasteiger partial charge in [-0.05, 0) is 37.4 Å². The zero-order valence-electron chi connectivity index (χ0n) is 12.9. The molecular weight excluding hydrogens is 292 g/mol. The fourth-order valence-corrected chi connectivity index (χ4v) is 3.16. The highest BCUT2D eigenvalue weighted by atomic mass is 32.2. The molecule has 0 radical (unpaired) electrons. The summed E-state index contributed by atoms with van der Waals surface area (Å²) < 4.78 is 32.3. The predicted molar refractivity (Wildman–Crippen MR) is 81.4 cm³/mol. The van der Waals surface area contributed by atoms with Gasteiger partial charge in [-0.25, -0.2) is 13.1 Å². The van der Waals surface area contributed by atoms with Crippen molar-refractivity contribution >= 4 is 10.0 Å². The Bertz CT molecular complexity index is 511. The second-order valence-electron chi connectivity index (χ2n) is 5.48. The molecule has 0 aliphatic rings. The van der Waals surface area contributed by atoms with E-state index in [1.165, 1.54) is 6.07 Å². The van der Waals surface area contributed by atoms with Gasteiger partial charge in [0.2, 0.25) is 5.09 Å². The van der Waals surface area contributed by atoms with E-state index in [1.54, 1.807) is 6.07 Å². The monoisotopic (exact) mass is 318 g/mol. The zero-order chi connectivity index (χ0) is 15.9. The SMILES string of the molecule is CCC(CCO)NS(=O)(=O)c1ccc(CNCC(C)C)o1. The number of sulfonamides is 1. The van der Waals surface area contributed by atoms with Gasteiger partial charge < -0.3 is 14.8 Å². The maximum Gasteiger partial charge on any atom is 0.274 e. The summed E-state index contributed by atoms with van der Waals surface area (Å²) in [6.07, 6.45) is 1.00. The molecule has 1 rings (SSSR count). The molecule has 21 heavy (non-hydrogen) atoms. The van der Waals surface area contributed by atoms with Crippen molar-refractivity contribution < 1.29 is 17.9 Å². The number of hydrogen-bond acceptors (Lipinski definition) is 5. The summed E-state index contributed by atoms with van der Waals surface area (Å²) in [5, 5.41) is 12.0. The van der Waals surface area contributed by atoms with Gasteiger partial charge in [0.05, 0.1) is 6.54 Å². The van der Waals surface area contributed by atoms with E-state index in [4.69, 9.17) is 9.52 Å². The average Bonchev–Trinajstić information content (AvgIpc) is 2.87. The summed E-state index contributed by atoms with van der Waals surface area (Å²) in [5.41, 5.74) is 0. The molecule has 0 spiro atoms. The van der Waals surface area contributed by atoms with Gasteiger partial charge in [-0.1, -0.05) is 20.8 Å². The van der Waals surface area contributed by atoms with Crippen molar-refractivity contribution in [3.05, 3.63) is 17.9 Å². The zero-order valence-corrected chi connectivity index (χ0v) is 13.7. The number of nitrogens with one attached hydrogen (secondary N) is 2. The Labute approximate surface area is 127 Å². The van der Waals surface area contributed by atoms with E-state index in [0.29, 0.717) is 31.1 Å². The van der Waals surface area contributed by atoms with E-state index >= 15 is 0 Å². The molecule has 0 amide bonds. The topological polar surface area (TPSA) is 91.6 Å². The van der Waals surface area contributed by atoms with Gasteiger partial charge in [0.15, 0.2) is 0 Å². The summed E-state index contributed by atoms with van der Waals surface area (Å²) in [7, 11) is -3.67. The molecule has 0 aromatic carbocycles. The highest BCUT2D eigenvalue weighted by molar-refractivity contribution is 7.89. The predicted octanol–water partition coefficient (Wildman–Crippen LogP) is 1.46. The number of aliphatic hydroxyl groups excluding tert-OH is 1. The molecule has 0 aliphatic heterocycles. The first kappa shape index (κ1) is 18.2. The lowest BCUT2D eigenvalue weighted by Gasteiger charge is -2.14. The number of hydrogen-bond donors (Lipinski definition) is 3. The van der Waals surface area contributed by atoms with E-state index in [1.807, 2.05) is 6.92 Å². The third-order valence-electron chi connectivity index (χ3n) is 3.05. The van der Waals surface area contributed by atoms with Gasteiger partial charge >= 0.3 is 0 Å². The average molecular weight is 318 g/mol. The van der Waals surface area contributed by atoms with Crippen LogP contribution in [-0.4, -0.2) is 32.7 Å². The first-order chi connectivity index (χ1) is 9.89. The summed E-state index contributed by atoms with van der Waals surface area (Å²) in [6.45, 7) is 7.36. The second kappa shape index (κ2) is 8.53. The Kier molecular flexibility index (Phi) is 7.37. The van der Waals surface area contributed by atoms with Crippen LogP contribution in [0.25, 0.3) is 0 Å². The van der Waals surface area contributed by atoms with E-state index in [9.17, 15) is 8.42 Å². The second-order valence-corrected chi connectivity index (χ2v) is 7.13. The third kappa shape index (κ3) is 6.17. The Balaban J connectivity index is 2.65. The van der Waals surface area contributed by atoms with Crippen molar-refractivity contribution in [2.24, 2.45) is 5.92 Å². The molecule has 0 saturated heterocycles. The van der Waals surface area contributed by atoms with Crippen LogP contribution in [0.5, 0.6) is 0 Å². The Morgan fingerprint density at radius 2 is 2.05 bits per heavy atom. The van der Waals surface area contributed by atoms with E-state index < -0.39 is 10.0 Å². The Morgan fingerprint density at radius 1 is 1.33 bits per heavy atom. The maximum absolute atomic E-state index is 12.2. The van der Waals surface area contributed by atoms with Crippen molar-refractivity contribution in [2.45, 2.75) is 51.3 Å². The quantitative estimate of drug-likeness (QED) is 0.607. The van der Waals surface area contributed by atoms with E-state index in [-0.39, 0.29) is 17.7 Å². The standard InChI is InChI=1S/C14H26N2O4S/c1-4-12(7-8-17)16-21(18,19)14-6-5-13(20-14)10-15-9-11(2)3/h5-6,11-12,15-17H,4,7-10H2,1-3H3. The summed E-state index contributed by atoms with van der Waals surface area (Å²) in [5.74, 6) is 1.11. The van der Waals surface area contributed by atoms with Gasteiger partial charge in [-0.2, -0.15) is 0 Å². The van der Waals surface area contributed by atoms with Crippen LogP contribution in [-0.2, 0) is 16.6 Å². The molecule has 1 aromatic heterocycles. The first-order valence-electron chi connectivity index (χ1n) is 7.31. The van der Waals surface area contributed by atoms with Gasteiger partial charge in [-0.3, -0.25) is 0 Å². The lowest BCUT2D eigenvalue weighted by Crippen LogP contribution is -2.34. The molecule has 7 heteroatoms. The fraction of sp³-hybridized carbons (Fsp3) is 0.714. The molecule has 1 unspecified atom stereocenters. The van der Waals surface area contributed by atoms with Crippen LogP contribution in [0.2, 0.25) is 0 Å². The number of aliphatic hydroxyl groups is 1. The van der Waals surface area contributed by atoms with Gasteiger partial charge in [0.25, 0.3) is 10.0 Å². The molecule has 122 valence electrons. The number of furan rings is 1. The van der Waals surface area contributed by atoms with Crippen LogP contribution < -0.4 is 10.0 Å². The van der Waals surface area contributed by atoms with Crippen LogP contribution in [0.3, 0.4) is 0 Å². The third-order valence-corrected chi connectivity index (χ3v) is 4.44. The maximum atomic E-state index is 12.2. The van der Waals surface area contributed by atoms with Gasteiger partial charge in [-0.15, -0.1) is 0 Å². The molecule has 0 aliphatic carbocycles. The minimum atomic E-state index is -3.67. The lowest BCUT2D eigenvalue weighted by molar-refractivity contribution is 0.269. The van der Waals surface area contributed by atoms with Gasteiger partial charge in [0, 0.05) is 12.6 Å². The van der Waals surface area contributed by atoms with Crippen LogP contribution in [0, 0.1) is 5.92 Å². The van der Waals surface area contributed by atoms with Crippen molar-refractivity contribution in [2.75, 3.05) is 13.2 Å². The fourth-order valence-electron chi connectivity index (χ4n) is 1.86. The highest BCUT2D eigenvalue weighted by Crippen LogP contribution is 2.15. The molecule has 0 fully saturated rings. The molecule has 1 atom stereocenters. The van der Waals surface area contributed by atoms with Crippen molar-refractivity contribution in [1.29, 1.82) is 0 Å². The Hall–Kier alpha value is -0.890. The van der Waals surface area contributed by atoms with Crippen LogP contribution in [0.4, 0.5) is 0 Å². The normalized spacial score (nSPS) is 13.8. The van der Waals surface area contributed by atoms with Crippen molar-refractivity contribution in [3.63, 3.8) is 0 Å². The summed E-state index contributed by atoms with van der Waals surface area (Å²) >= 11 is 0. The summed E-state index contributed by atoms with van der Waals surface area (Å²) in [6, 6.07) is 2.84. The minimum absolute atomic E-state index is 0.0520. The molecule has 6 nitrogen and oxygen atoms in total. The molecular formula is C14H26N2O4S. The van der Waals surface area contributed by atoms with Crippen molar-refractivity contribution in [3.8, 4) is 0 Å². The molecule has 0 bridgehead atoms. The van der Waals surface area contributed by atoms with Gasteiger partial charge in [0.1, 0.15) is 5.76 Å². The van der Waals surface area contributed by atoms with E-state index in [0.717, 1.165) is 6.54 Å². The smallest absolute Gasteiger partial charge is 0.274 e. The van der Waals surface area contributed by atoms with Crippen molar-refractivity contribution in [1.82, 2.24) is 10.0 Å². The molecule has 3 N–H and O–H groups in total. The highest BCUT2D eigenvalue weighted by Gasteiger charge is 2.22.